The van der Waals surface area contributed by atoms with Gasteiger partial charge >= 0.3 is 0 Å². The Bertz CT molecular complexity index is 404. The molecule has 0 aliphatic carbocycles. The zero-order valence-corrected chi connectivity index (χ0v) is 9.99. The number of nitrogens with one attached hydrogen (secondary N) is 1. The van der Waals surface area contributed by atoms with Crippen molar-refractivity contribution in [3.05, 3.63) is 29.3 Å². The predicted molar refractivity (Wildman–Crippen MR) is 64.7 cm³/mol. The second kappa shape index (κ2) is 5.80. The van der Waals surface area contributed by atoms with E-state index in [-0.39, 0.29) is 5.78 Å². The molecule has 0 aromatic heterocycles. The molecule has 0 amide bonds. The fourth-order valence-electron chi connectivity index (χ4n) is 1.91. The fraction of sp³-hybridized carbons (Fsp3) is 0.462. The molecule has 1 heterocycles. The molecule has 0 saturated carbocycles. The van der Waals surface area contributed by atoms with Crippen LogP contribution in [0.1, 0.15) is 15.9 Å². The van der Waals surface area contributed by atoms with Crippen LogP contribution in [-0.2, 0) is 11.2 Å². The van der Waals surface area contributed by atoms with Gasteiger partial charge in [-0.1, -0.05) is 12.1 Å². The van der Waals surface area contributed by atoms with Crippen LogP contribution in [0.25, 0.3) is 0 Å². The monoisotopic (exact) mass is 235 g/mol. The van der Waals surface area contributed by atoms with Crippen LogP contribution in [0, 0.1) is 0 Å². The van der Waals surface area contributed by atoms with Crippen LogP contribution in [0.4, 0.5) is 0 Å². The van der Waals surface area contributed by atoms with E-state index in [4.69, 9.17) is 9.47 Å². The molecule has 0 spiro atoms. The van der Waals surface area contributed by atoms with E-state index in [0.29, 0.717) is 31.9 Å². The number of hydrogen-bond donors (Lipinski definition) is 1. The van der Waals surface area contributed by atoms with Crippen LogP contribution in [0.15, 0.2) is 18.2 Å². The topological polar surface area (TPSA) is 47.6 Å². The van der Waals surface area contributed by atoms with Gasteiger partial charge in [-0.05, 0) is 11.6 Å². The number of Topliss-reactive ketones (excluding diaryl/α,β-unsaturated/α-hetero) is 1. The summed E-state index contributed by atoms with van der Waals surface area (Å²) in [6.07, 6.45) is 0.896. The van der Waals surface area contributed by atoms with E-state index in [0.717, 1.165) is 17.7 Å². The molecule has 1 aromatic carbocycles. The lowest BCUT2D eigenvalue weighted by Gasteiger charge is -2.07. The van der Waals surface area contributed by atoms with Gasteiger partial charge in [-0.15, -0.1) is 0 Å². The lowest BCUT2D eigenvalue weighted by molar-refractivity contribution is 0.0984. The van der Waals surface area contributed by atoms with Crippen molar-refractivity contribution in [2.24, 2.45) is 0 Å². The molecule has 0 bridgehead atoms. The molecule has 92 valence electrons. The van der Waals surface area contributed by atoms with Crippen molar-refractivity contribution in [3.8, 4) is 5.75 Å². The van der Waals surface area contributed by atoms with Crippen LogP contribution in [0.2, 0.25) is 0 Å². The fourth-order valence-corrected chi connectivity index (χ4v) is 1.91. The summed E-state index contributed by atoms with van der Waals surface area (Å²) in [4.78, 5) is 12.0. The average Bonchev–Trinajstić information content (AvgIpc) is 2.82. The Morgan fingerprint density at radius 2 is 2.41 bits per heavy atom. The van der Waals surface area contributed by atoms with Crippen LogP contribution in [-0.4, -0.2) is 39.2 Å². The van der Waals surface area contributed by atoms with E-state index in [2.05, 4.69) is 5.32 Å². The number of ketones is 1. The van der Waals surface area contributed by atoms with Gasteiger partial charge in [-0.3, -0.25) is 4.79 Å². The van der Waals surface area contributed by atoms with Crippen LogP contribution < -0.4 is 10.1 Å². The summed E-state index contributed by atoms with van der Waals surface area (Å²) in [5.41, 5.74) is 1.82. The molecule has 0 fully saturated rings. The molecule has 1 aliphatic heterocycles. The molecule has 0 saturated heterocycles. The lowest BCUT2D eigenvalue weighted by Crippen LogP contribution is -2.26. The Hall–Kier alpha value is -1.39. The summed E-state index contributed by atoms with van der Waals surface area (Å²) < 4.78 is 10.4. The number of methoxy groups -OCH3 is 1. The third kappa shape index (κ3) is 2.84. The van der Waals surface area contributed by atoms with E-state index in [1.54, 1.807) is 7.11 Å². The Morgan fingerprint density at radius 1 is 1.53 bits per heavy atom. The maximum Gasteiger partial charge on any atom is 0.180 e. The zero-order chi connectivity index (χ0) is 12.1. The summed E-state index contributed by atoms with van der Waals surface area (Å²) in [5.74, 6) is 0.839. The first kappa shape index (κ1) is 12.1. The molecule has 1 aliphatic rings. The Labute approximate surface area is 101 Å². The number of rotatable bonds is 6. The number of ether oxygens (including phenoxy) is 2. The molecule has 0 radical (unpaired) electrons. The Balaban J connectivity index is 1.97. The number of fused-ring (bicyclic) bond motifs is 1. The lowest BCUT2D eigenvalue weighted by atomic mass is 10.0. The smallest absolute Gasteiger partial charge is 0.180 e. The van der Waals surface area contributed by atoms with Gasteiger partial charge in [-0.2, -0.15) is 0 Å². The molecule has 1 N–H and O–H groups in total. The van der Waals surface area contributed by atoms with Gasteiger partial charge in [0, 0.05) is 20.1 Å². The maximum absolute atomic E-state index is 12.0. The maximum atomic E-state index is 12.0. The molecule has 0 atom stereocenters. The van der Waals surface area contributed by atoms with Crippen molar-refractivity contribution in [1.29, 1.82) is 0 Å². The first-order valence-corrected chi connectivity index (χ1v) is 5.80. The van der Waals surface area contributed by atoms with Gasteiger partial charge in [0.1, 0.15) is 5.75 Å². The van der Waals surface area contributed by atoms with Gasteiger partial charge in [-0.25, -0.2) is 0 Å². The molecule has 17 heavy (non-hydrogen) atoms. The van der Waals surface area contributed by atoms with Gasteiger partial charge in [0.05, 0.1) is 25.3 Å². The van der Waals surface area contributed by atoms with Crippen molar-refractivity contribution in [2.75, 3.05) is 33.4 Å². The number of hydrogen-bond acceptors (Lipinski definition) is 4. The molecule has 1 aromatic rings. The summed E-state index contributed by atoms with van der Waals surface area (Å²) in [5, 5.41) is 3.05. The van der Waals surface area contributed by atoms with Gasteiger partial charge in [0.2, 0.25) is 0 Å². The highest BCUT2D eigenvalue weighted by atomic mass is 16.5. The normalized spacial score (nSPS) is 13.2. The second-order valence-corrected chi connectivity index (χ2v) is 3.99. The Kier molecular flexibility index (Phi) is 4.12. The van der Waals surface area contributed by atoms with Crippen molar-refractivity contribution in [1.82, 2.24) is 5.32 Å². The van der Waals surface area contributed by atoms with Gasteiger partial charge in [0.25, 0.3) is 0 Å². The number of carbonyl (C=O) groups is 1. The second-order valence-electron chi connectivity index (χ2n) is 3.99. The number of carbonyl (C=O) groups excluding carboxylic acids is 1. The molecule has 4 nitrogen and oxygen atoms in total. The molecular formula is C13H17NO3. The minimum absolute atomic E-state index is 0.0693. The minimum Gasteiger partial charge on any atom is -0.492 e. The highest BCUT2D eigenvalue weighted by Gasteiger charge is 2.19. The number of benzene rings is 1. The van der Waals surface area contributed by atoms with E-state index < -0.39 is 0 Å². The predicted octanol–water partition coefficient (Wildman–Crippen LogP) is 1.04. The third-order valence-electron chi connectivity index (χ3n) is 2.78. The quantitative estimate of drug-likeness (QED) is 0.591. The highest BCUT2D eigenvalue weighted by Crippen LogP contribution is 2.29. The zero-order valence-electron chi connectivity index (χ0n) is 9.99. The van der Waals surface area contributed by atoms with Gasteiger partial charge in [0.15, 0.2) is 5.78 Å². The first-order valence-electron chi connectivity index (χ1n) is 5.80. The SMILES string of the molecule is COCCNCC(=O)c1cccc2c1OCC2. The van der Waals surface area contributed by atoms with Crippen LogP contribution in [0.5, 0.6) is 5.75 Å². The molecule has 0 unspecified atom stereocenters. The van der Waals surface area contributed by atoms with Crippen molar-refractivity contribution in [3.63, 3.8) is 0 Å². The Morgan fingerprint density at radius 3 is 3.24 bits per heavy atom. The average molecular weight is 235 g/mol. The van der Waals surface area contributed by atoms with E-state index in [1.807, 2.05) is 18.2 Å². The van der Waals surface area contributed by atoms with E-state index >= 15 is 0 Å². The standard InChI is InChI=1S/C13H17NO3/c1-16-8-6-14-9-12(15)11-4-2-3-10-5-7-17-13(10)11/h2-4,14H,5-9H2,1H3. The van der Waals surface area contributed by atoms with Crippen molar-refractivity contribution < 1.29 is 14.3 Å². The largest absolute Gasteiger partial charge is 0.492 e. The van der Waals surface area contributed by atoms with E-state index in [1.165, 1.54) is 0 Å². The molecular weight excluding hydrogens is 218 g/mol. The third-order valence-corrected chi connectivity index (χ3v) is 2.78. The van der Waals surface area contributed by atoms with Crippen LogP contribution >= 0.6 is 0 Å². The highest BCUT2D eigenvalue weighted by molar-refractivity contribution is 6.00. The summed E-state index contributed by atoms with van der Waals surface area (Å²) in [7, 11) is 1.64. The van der Waals surface area contributed by atoms with Crippen LogP contribution in [0.3, 0.4) is 0 Å². The van der Waals surface area contributed by atoms with E-state index in [9.17, 15) is 4.79 Å². The van der Waals surface area contributed by atoms with Crippen molar-refractivity contribution in [2.45, 2.75) is 6.42 Å². The summed E-state index contributed by atoms with van der Waals surface area (Å²) in [6.45, 7) is 2.29. The summed E-state index contributed by atoms with van der Waals surface area (Å²) in [6, 6.07) is 5.75. The first-order chi connectivity index (χ1) is 8.33. The molecule has 2 rings (SSSR count). The summed E-state index contributed by atoms with van der Waals surface area (Å²) >= 11 is 0. The minimum atomic E-state index is 0.0693. The van der Waals surface area contributed by atoms with Crippen molar-refractivity contribution >= 4 is 5.78 Å². The van der Waals surface area contributed by atoms with Gasteiger partial charge < -0.3 is 14.8 Å². The number of para-hydroxylation sites is 1. The molecule has 4 heteroatoms.